The van der Waals surface area contributed by atoms with Crippen molar-refractivity contribution in [2.45, 2.75) is 13.5 Å². The third-order valence-electron chi connectivity index (χ3n) is 3.87. The van der Waals surface area contributed by atoms with Crippen LogP contribution in [0.25, 0.3) is 0 Å². The summed E-state index contributed by atoms with van der Waals surface area (Å²) < 4.78 is 5.89. The Kier molecular flexibility index (Phi) is 5.88. The average Bonchev–Trinajstić information content (AvgIpc) is 2.66. The number of para-hydroxylation sites is 3. The molecule has 2 N–H and O–H groups in total. The van der Waals surface area contributed by atoms with Crippen molar-refractivity contribution in [1.29, 1.82) is 0 Å². The predicted octanol–water partition coefficient (Wildman–Crippen LogP) is 4.52. The summed E-state index contributed by atoms with van der Waals surface area (Å²) in [5.41, 5.74) is 3.05. The summed E-state index contributed by atoms with van der Waals surface area (Å²) in [5.74, 6) is 1.37. The van der Waals surface area contributed by atoms with Gasteiger partial charge in [0.25, 0.3) is 0 Å². The molecule has 0 aliphatic carbocycles. The second kappa shape index (κ2) is 8.72. The van der Waals surface area contributed by atoms with Gasteiger partial charge in [-0.25, -0.2) is 0 Å². The van der Waals surface area contributed by atoms with Gasteiger partial charge >= 0.3 is 0 Å². The van der Waals surface area contributed by atoms with Crippen molar-refractivity contribution < 1.29 is 9.53 Å². The summed E-state index contributed by atoms with van der Waals surface area (Å²) in [4.78, 5) is 12.1. The van der Waals surface area contributed by atoms with Crippen molar-refractivity contribution in [1.82, 2.24) is 5.32 Å². The minimum absolute atomic E-state index is 0.0685. The monoisotopic (exact) mass is 346 g/mol. The fourth-order valence-corrected chi connectivity index (χ4v) is 2.58. The maximum atomic E-state index is 12.1. The summed E-state index contributed by atoms with van der Waals surface area (Å²) in [6.07, 6.45) is 0. The third-order valence-corrected chi connectivity index (χ3v) is 3.87. The first-order valence-corrected chi connectivity index (χ1v) is 8.59. The average molecular weight is 346 g/mol. The summed E-state index contributed by atoms with van der Waals surface area (Å²) in [6, 6.07) is 25.3. The quantitative estimate of drug-likeness (QED) is 0.661. The van der Waals surface area contributed by atoms with Gasteiger partial charge in [-0.05, 0) is 36.8 Å². The van der Waals surface area contributed by atoms with Crippen LogP contribution < -0.4 is 15.4 Å². The molecule has 0 saturated carbocycles. The Hall–Kier alpha value is -3.27. The van der Waals surface area contributed by atoms with Crippen LogP contribution in [-0.4, -0.2) is 12.5 Å². The van der Waals surface area contributed by atoms with Crippen LogP contribution in [0, 0.1) is 6.92 Å². The first-order valence-electron chi connectivity index (χ1n) is 8.59. The standard InChI is InChI=1S/C22H22N2O2/c1-17-8-7-9-18(14-17)15-24-22(25)16-23-20-12-5-6-13-21(20)26-19-10-3-2-4-11-19/h2-14,23H,15-16H2,1H3,(H,24,25). The van der Waals surface area contributed by atoms with Crippen molar-refractivity contribution in [3.63, 3.8) is 0 Å². The number of carbonyl (C=O) groups excluding carboxylic acids is 1. The number of ether oxygens (including phenoxy) is 1. The van der Waals surface area contributed by atoms with E-state index in [4.69, 9.17) is 4.74 Å². The lowest BCUT2D eigenvalue weighted by molar-refractivity contribution is -0.119. The molecular weight excluding hydrogens is 324 g/mol. The van der Waals surface area contributed by atoms with Gasteiger partial charge in [0.15, 0.2) is 5.75 Å². The SMILES string of the molecule is Cc1cccc(CNC(=O)CNc2ccccc2Oc2ccccc2)c1. The highest BCUT2D eigenvalue weighted by Crippen LogP contribution is 2.28. The number of rotatable bonds is 7. The zero-order valence-corrected chi connectivity index (χ0v) is 14.7. The molecule has 0 unspecified atom stereocenters. The van der Waals surface area contributed by atoms with E-state index in [1.54, 1.807) is 0 Å². The van der Waals surface area contributed by atoms with Crippen LogP contribution >= 0.6 is 0 Å². The van der Waals surface area contributed by atoms with Crippen molar-refractivity contribution in [3.05, 3.63) is 90.0 Å². The van der Waals surface area contributed by atoms with E-state index in [2.05, 4.69) is 16.7 Å². The molecule has 0 aliphatic heterocycles. The second-order valence-corrected chi connectivity index (χ2v) is 6.03. The number of carbonyl (C=O) groups is 1. The molecule has 0 aliphatic rings. The molecule has 132 valence electrons. The lowest BCUT2D eigenvalue weighted by Gasteiger charge is -2.13. The number of hydrogen-bond donors (Lipinski definition) is 2. The highest BCUT2D eigenvalue weighted by molar-refractivity contribution is 5.81. The van der Waals surface area contributed by atoms with E-state index >= 15 is 0 Å². The van der Waals surface area contributed by atoms with Crippen LogP contribution in [0.5, 0.6) is 11.5 Å². The van der Waals surface area contributed by atoms with E-state index in [-0.39, 0.29) is 12.5 Å². The van der Waals surface area contributed by atoms with E-state index in [1.165, 1.54) is 5.56 Å². The largest absolute Gasteiger partial charge is 0.455 e. The molecule has 0 atom stereocenters. The van der Waals surface area contributed by atoms with E-state index < -0.39 is 0 Å². The first kappa shape index (κ1) is 17.5. The molecule has 3 aromatic carbocycles. The van der Waals surface area contributed by atoms with Gasteiger partial charge in [-0.3, -0.25) is 4.79 Å². The number of hydrogen-bond acceptors (Lipinski definition) is 3. The summed E-state index contributed by atoms with van der Waals surface area (Å²) >= 11 is 0. The highest BCUT2D eigenvalue weighted by atomic mass is 16.5. The van der Waals surface area contributed by atoms with Gasteiger partial charge in [-0.1, -0.05) is 60.2 Å². The first-order chi connectivity index (χ1) is 12.7. The van der Waals surface area contributed by atoms with Gasteiger partial charge in [0.05, 0.1) is 12.2 Å². The summed E-state index contributed by atoms with van der Waals surface area (Å²) in [6.45, 7) is 2.74. The molecule has 3 aromatic rings. The van der Waals surface area contributed by atoms with Crippen LogP contribution in [0.15, 0.2) is 78.9 Å². The molecule has 0 radical (unpaired) electrons. The minimum atomic E-state index is -0.0685. The number of nitrogens with one attached hydrogen (secondary N) is 2. The third kappa shape index (κ3) is 5.11. The van der Waals surface area contributed by atoms with Gasteiger partial charge < -0.3 is 15.4 Å². The van der Waals surface area contributed by atoms with Crippen LogP contribution in [-0.2, 0) is 11.3 Å². The van der Waals surface area contributed by atoms with Crippen LogP contribution in [0.1, 0.15) is 11.1 Å². The predicted molar refractivity (Wildman–Crippen MR) is 104 cm³/mol. The molecule has 26 heavy (non-hydrogen) atoms. The fraction of sp³-hybridized carbons (Fsp3) is 0.136. The maximum absolute atomic E-state index is 12.1. The molecular formula is C22H22N2O2. The van der Waals surface area contributed by atoms with E-state index in [0.29, 0.717) is 12.3 Å². The van der Waals surface area contributed by atoms with Crippen LogP contribution in [0.3, 0.4) is 0 Å². The molecule has 4 heteroatoms. The van der Waals surface area contributed by atoms with Gasteiger partial charge in [-0.2, -0.15) is 0 Å². The van der Waals surface area contributed by atoms with E-state index in [9.17, 15) is 4.79 Å². The Balaban J connectivity index is 1.55. The molecule has 0 fully saturated rings. The topological polar surface area (TPSA) is 50.4 Å². The van der Waals surface area contributed by atoms with Crippen molar-refractivity contribution in [2.24, 2.45) is 0 Å². The molecule has 1 amide bonds. The minimum Gasteiger partial charge on any atom is -0.455 e. The Morgan fingerprint density at radius 3 is 2.50 bits per heavy atom. The van der Waals surface area contributed by atoms with Gasteiger partial charge in [0.2, 0.25) is 5.91 Å². The lowest BCUT2D eigenvalue weighted by Crippen LogP contribution is -2.29. The van der Waals surface area contributed by atoms with E-state index in [1.807, 2.05) is 79.7 Å². The Bertz CT molecular complexity index is 863. The lowest BCUT2D eigenvalue weighted by atomic mass is 10.1. The van der Waals surface area contributed by atoms with Crippen molar-refractivity contribution >= 4 is 11.6 Å². The van der Waals surface area contributed by atoms with Gasteiger partial charge in [-0.15, -0.1) is 0 Å². The molecule has 0 bridgehead atoms. The highest BCUT2D eigenvalue weighted by Gasteiger charge is 2.07. The Morgan fingerprint density at radius 1 is 0.923 bits per heavy atom. The molecule has 0 spiro atoms. The molecule has 0 aromatic heterocycles. The Labute approximate surface area is 153 Å². The smallest absolute Gasteiger partial charge is 0.239 e. The fourth-order valence-electron chi connectivity index (χ4n) is 2.58. The molecule has 0 saturated heterocycles. The van der Waals surface area contributed by atoms with Crippen molar-refractivity contribution in [3.8, 4) is 11.5 Å². The maximum Gasteiger partial charge on any atom is 0.239 e. The normalized spacial score (nSPS) is 10.2. The number of benzene rings is 3. The summed E-state index contributed by atoms with van der Waals surface area (Å²) in [7, 11) is 0. The van der Waals surface area contributed by atoms with Crippen LogP contribution in [0.2, 0.25) is 0 Å². The number of anilines is 1. The second-order valence-electron chi connectivity index (χ2n) is 6.03. The van der Waals surface area contributed by atoms with Crippen molar-refractivity contribution in [2.75, 3.05) is 11.9 Å². The zero-order chi connectivity index (χ0) is 18.2. The van der Waals surface area contributed by atoms with Gasteiger partial charge in [0.1, 0.15) is 5.75 Å². The Morgan fingerprint density at radius 2 is 1.69 bits per heavy atom. The number of aryl methyl sites for hydroxylation is 1. The molecule has 3 rings (SSSR count). The summed E-state index contributed by atoms with van der Waals surface area (Å²) in [5, 5.41) is 6.07. The van der Waals surface area contributed by atoms with Crippen LogP contribution in [0.4, 0.5) is 5.69 Å². The molecule has 4 nitrogen and oxygen atoms in total. The number of amides is 1. The zero-order valence-electron chi connectivity index (χ0n) is 14.7. The van der Waals surface area contributed by atoms with E-state index in [0.717, 1.165) is 17.0 Å². The molecule has 0 heterocycles. The van der Waals surface area contributed by atoms with Gasteiger partial charge in [0, 0.05) is 6.54 Å².